The van der Waals surface area contributed by atoms with Crippen LogP contribution in [0.15, 0.2) is 30.9 Å². The summed E-state index contributed by atoms with van der Waals surface area (Å²) >= 11 is 12.2. The molecule has 5 nitrogen and oxygen atoms in total. The van der Waals surface area contributed by atoms with Gasteiger partial charge in [0.25, 0.3) is 0 Å². The van der Waals surface area contributed by atoms with Gasteiger partial charge in [-0.3, -0.25) is 4.68 Å². The molecule has 0 bridgehead atoms. The molecular weight excluding hydrogens is 313 g/mol. The summed E-state index contributed by atoms with van der Waals surface area (Å²) in [6.07, 6.45) is 3.18. The monoisotopic (exact) mass is 329 g/mol. The Balaban J connectivity index is 2.25. The fraction of sp³-hybridized carbons (Fsp3) is 0.429. The number of benzene rings is 1. The van der Waals surface area contributed by atoms with E-state index < -0.39 is 0 Å². The SMILES string of the molecule is CCC(CO)OC(Cn1cncn1)c1ccc(Cl)cc1Cl. The van der Waals surface area contributed by atoms with Gasteiger partial charge < -0.3 is 9.84 Å². The fourth-order valence-corrected chi connectivity index (χ4v) is 2.51. The zero-order valence-electron chi connectivity index (χ0n) is 11.6. The average molecular weight is 330 g/mol. The Morgan fingerprint density at radius 2 is 2.19 bits per heavy atom. The van der Waals surface area contributed by atoms with Crippen LogP contribution in [0.25, 0.3) is 0 Å². The van der Waals surface area contributed by atoms with E-state index >= 15 is 0 Å². The molecule has 0 radical (unpaired) electrons. The van der Waals surface area contributed by atoms with E-state index in [1.54, 1.807) is 23.1 Å². The van der Waals surface area contributed by atoms with Crippen molar-refractivity contribution in [1.29, 1.82) is 0 Å². The normalized spacial score (nSPS) is 14.1. The summed E-state index contributed by atoms with van der Waals surface area (Å²) in [4.78, 5) is 3.92. The van der Waals surface area contributed by atoms with Gasteiger partial charge in [-0.2, -0.15) is 5.10 Å². The maximum atomic E-state index is 9.35. The van der Waals surface area contributed by atoms with Crippen molar-refractivity contribution in [2.24, 2.45) is 0 Å². The first kappa shape index (κ1) is 16.2. The molecule has 2 unspecified atom stereocenters. The van der Waals surface area contributed by atoms with Crippen molar-refractivity contribution in [3.05, 3.63) is 46.5 Å². The van der Waals surface area contributed by atoms with Gasteiger partial charge in [0.15, 0.2) is 0 Å². The Kier molecular flexibility index (Phi) is 5.99. The molecule has 0 aliphatic heterocycles. The maximum Gasteiger partial charge on any atom is 0.137 e. The summed E-state index contributed by atoms with van der Waals surface area (Å²) in [7, 11) is 0. The van der Waals surface area contributed by atoms with E-state index in [1.165, 1.54) is 6.33 Å². The molecule has 1 aromatic heterocycles. The third-order valence-electron chi connectivity index (χ3n) is 3.14. The number of ether oxygens (including phenoxy) is 1. The molecule has 0 fully saturated rings. The predicted molar refractivity (Wildman–Crippen MR) is 81.5 cm³/mol. The van der Waals surface area contributed by atoms with Crippen molar-refractivity contribution < 1.29 is 9.84 Å². The molecule has 0 saturated carbocycles. The first-order chi connectivity index (χ1) is 10.1. The van der Waals surface area contributed by atoms with Crippen molar-refractivity contribution in [2.45, 2.75) is 32.1 Å². The van der Waals surface area contributed by atoms with Gasteiger partial charge in [-0.15, -0.1) is 0 Å². The van der Waals surface area contributed by atoms with Crippen LogP contribution in [0.4, 0.5) is 0 Å². The summed E-state index contributed by atoms with van der Waals surface area (Å²) in [6.45, 7) is 2.37. The Hall–Kier alpha value is -1.14. The highest BCUT2D eigenvalue weighted by Gasteiger charge is 2.20. The minimum absolute atomic E-state index is 0.0461. The van der Waals surface area contributed by atoms with E-state index in [-0.39, 0.29) is 18.8 Å². The van der Waals surface area contributed by atoms with Crippen molar-refractivity contribution in [2.75, 3.05) is 6.61 Å². The lowest BCUT2D eigenvalue weighted by atomic mass is 10.1. The minimum atomic E-state index is -0.339. The van der Waals surface area contributed by atoms with Crippen molar-refractivity contribution in [1.82, 2.24) is 14.8 Å². The van der Waals surface area contributed by atoms with Gasteiger partial charge in [0.05, 0.1) is 19.3 Å². The van der Waals surface area contributed by atoms with Gasteiger partial charge in [0.1, 0.15) is 18.8 Å². The van der Waals surface area contributed by atoms with Crippen LogP contribution in [0.1, 0.15) is 25.0 Å². The number of rotatable bonds is 7. The molecule has 2 aromatic rings. The number of aromatic nitrogens is 3. The van der Waals surface area contributed by atoms with E-state index in [0.29, 0.717) is 23.0 Å². The van der Waals surface area contributed by atoms with Gasteiger partial charge >= 0.3 is 0 Å². The zero-order valence-corrected chi connectivity index (χ0v) is 13.1. The highest BCUT2D eigenvalue weighted by molar-refractivity contribution is 6.35. The molecule has 0 aliphatic rings. The lowest BCUT2D eigenvalue weighted by Gasteiger charge is -2.24. The number of aliphatic hydroxyl groups excluding tert-OH is 1. The summed E-state index contributed by atoms with van der Waals surface area (Å²) in [6, 6.07) is 5.27. The Morgan fingerprint density at radius 3 is 2.76 bits per heavy atom. The number of hydrogen-bond acceptors (Lipinski definition) is 4. The topological polar surface area (TPSA) is 60.2 Å². The zero-order chi connectivity index (χ0) is 15.2. The third kappa shape index (κ3) is 4.41. The van der Waals surface area contributed by atoms with Crippen molar-refractivity contribution >= 4 is 23.2 Å². The molecule has 0 spiro atoms. The number of aliphatic hydroxyl groups is 1. The smallest absolute Gasteiger partial charge is 0.137 e. The summed E-state index contributed by atoms with van der Waals surface area (Å²) in [5, 5.41) is 14.5. The van der Waals surface area contributed by atoms with Crippen LogP contribution in [-0.2, 0) is 11.3 Å². The van der Waals surface area contributed by atoms with Gasteiger partial charge in [-0.05, 0) is 18.6 Å². The van der Waals surface area contributed by atoms with Gasteiger partial charge in [-0.1, -0.05) is 36.2 Å². The molecule has 1 aromatic carbocycles. The standard InChI is InChI=1S/C14H17Cl2N3O2/c1-2-11(7-20)21-14(6-19-9-17-8-18-19)12-4-3-10(15)5-13(12)16/h3-5,8-9,11,14,20H,2,6-7H2,1H3. The van der Waals surface area contributed by atoms with E-state index in [9.17, 15) is 5.11 Å². The van der Waals surface area contributed by atoms with Crippen molar-refractivity contribution in [3.63, 3.8) is 0 Å². The van der Waals surface area contributed by atoms with Crippen LogP contribution >= 0.6 is 23.2 Å². The lowest BCUT2D eigenvalue weighted by Crippen LogP contribution is -2.23. The van der Waals surface area contributed by atoms with Crippen LogP contribution in [0.5, 0.6) is 0 Å². The lowest BCUT2D eigenvalue weighted by molar-refractivity contribution is -0.0503. The number of nitrogens with zero attached hydrogens (tertiary/aromatic N) is 3. The van der Waals surface area contributed by atoms with Crippen molar-refractivity contribution in [3.8, 4) is 0 Å². The van der Waals surface area contributed by atoms with E-state index in [4.69, 9.17) is 27.9 Å². The molecule has 0 aliphatic carbocycles. The van der Waals surface area contributed by atoms with Crippen LogP contribution in [0.3, 0.4) is 0 Å². The first-order valence-electron chi connectivity index (χ1n) is 6.67. The molecule has 21 heavy (non-hydrogen) atoms. The average Bonchev–Trinajstić information content (AvgIpc) is 2.96. The number of halogens is 2. The second kappa shape index (κ2) is 7.75. The van der Waals surface area contributed by atoms with Crippen LogP contribution in [-0.4, -0.2) is 32.6 Å². The van der Waals surface area contributed by atoms with Crippen LogP contribution in [0, 0.1) is 0 Å². The Morgan fingerprint density at radius 1 is 1.38 bits per heavy atom. The molecule has 1 N–H and O–H groups in total. The van der Waals surface area contributed by atoms with Gasteiger partial charge in [0.2, 0.25) is 0 Å². The summed E-state index contributed by atoms with van der Waals surface area (Å²) in [5.74, 6) is 0. The van der Waals surface area contributed by atoms with E-state index in [1.807, 2.05) is 13.0 Å². The van der Waals surface area contributed by atoms with Crippen LogP contribution < -0.4 is 0 Å². The predicted octanol–water partition coefficient (Wildman–Crippen LogP) is 3.11. The minimum Gasteiger partial charge on any atom is -0.394 e. The highest BCUT2D eigenvalue weighted by Crippen LogP contribution is 2.30. The third-order valence-corrected chi connectivity index (χ3v) is 3.71. The Bertz CT molecular complexity index is 559. The Labute approximate surface area is 133 Å². The molecule has 2 rings (SSSR count). The molecule has 0 amide bonds. The van der Waals surface area contributed by atoms with Gasteiger partial charge in [0, 0.05) is 15.6 Å². The quantitative estimate of drug-likeness (QED) is 0.847. The van der Waals surface area contributed by atoms with E-state index in [2.05, 4.69) is 10.1 Å². The highest BCUT2D eigenvalue weighted by atomic mass is 35.5. The second-order valence-corrected chi connectivity index (χ2v) is 5.46. The molecule has 1 heterocycles. The first-order valence-corrected chi connectivity index (χ1v) is 7.43. The molecule has 7 heteroatoms. The molecular formula is C14H17Cl2N3O2. The van der Waals surface area contributed by atoms with E-state index in [0.717, 1.165) is 5.56 Å². The van der Waals surface area contributed by atoms with Gasteiger partial charge in [-0.25, -0.2) is 4.98 Å². The molecule has 2 atom stereocenters. The molecule has 114 valence electrons. The number of hydrogen-bond donors (Lipinski definition) is 1. The second-order valence-electron chi connectivity index (χ2n) is 4.62. The maximum absolute atomic E-state index is 9.35. The fourth-order valence-electron chi connectivity index (χ4n) is 1.97. The summed E-state index contributed by atoms with van der Waals surface area (Å²) < 4.78 is 7.63. The molecule has 0 saturated heterocycles. The summed E-state index contributed by atoms with van der Waals surface area (Å²) in [5.41, 5.74) is 0.809. The largest absolute Gasteiger partial charge is 0.394 e. The van der Waals surface area contributed by atoms with Crippen LogP contribution in [0.2, 0.25) is 10.0 Å².